The fourth-order valence-electron chi connectivity index (χ4n) is 2.40. The van der Waals surface area contributed by atoms with E-state index >= 15 is 0 Å². The third-order valence-corrected chi connectivity index (χ3v) is 3.75. The highest BCUT2D eigenvalue weighted by Gasteiger charge is 2.20. The summed E-state index contributed by atoms with van der Waals surface area (Å²) in [6, 6.07) is 0. The number of aliphatic imine (C=N–C) groups is 1. The summed E-state index contributed by atoms with van der Waals surface area (Å²) in [5, 5.41) is 3.34. The van der Waals surface area contributed by atoms with Crippen molar-refractivity contribution in [2.75, 3.05) is 66.2 Å². The summed E-state index contributed by atoms with van der Waals surface area (Å²) >= 11 is 0. The van der Waals surface area contributed by atoms with Gasteiger partial charge < -0.3 is 24.6 Å². The van der Waals surface area contributed by atoms with Crippen LogP contribution in [0.5, 0.6) is 0 Å². The molecular weight excluding hydrogens is 296 g/mol. The van der Waals surface area contributed by atoms with Crippen molar-refractivity contribution in [1.29, 1.82) is 0 Å². The van der Waals surface area contributed by atoms with Crippen LogP contribution in [0, 0.1) is 0 Å². The monoisotopic (exact) mass is 328 g/mol. The van der Waals surface area contributed by atoms with Gasteiger partial charge in [0.05, 0.1) is 13.2 Å². The summed E-state index contributed by atoms with van der Waals surface area (Å²) in [4.78, 5) is 20.2. The number of amides is 1. The number of methoxy groups -OCH3 is 1. The highest BCUT2D eigenvalue weighted by Crippen LogP contribution is 2.03. The molecule has 0 aromatic rings. The first-order valence-corrected chi connectivity index (χ1v) is 8.54. The molecular formula is C16H32N4O3. The number of guanidine groups is 1. The van der Waals surface area contributed by atoms with E-state index in [1.54, 1.807) is 14.0 Å². The van der Waals surface area contributed by atoms with Crippen molar-refractivity contribution < 1.29 is 14.3 Å². The normalized spacial score (nSPS) is 15.9. The Bertz CT molecular complexity index is 355. The van der Waals surface area contributed by atoms with Gasteiger partial charge in [-0.05, 0) is 19.8 Å². The molecule has 0 aliphatic carbocycles. The zero-order chi connectivity index (χ0) is 16.9. The van der Waals surface area contributed by atoms with Gasteiger partial charge in [0.1, 0.15) is 0 Å². The Hall–Kier alpha value is -1.34. The van der Waals surface area contributed by atoms with E-state index in [9.17, 15) is 4.79 Å². The van der Waals surface area contributed by atoms with E-state index in [1.807, 2.05) is 4.90 Å². The fraction of sp³-hybridized carbons (Fsp3) is 0.875. The molecule has 1 amide bonds. The van der Waals surface area contributed by atoms with E-state index in [0.29, 0.717) is 13.2 Å². The maximum atomic E-state index is 11.4. The lowest BCUT2D eigenvalue weighted by Crippen LogP contribution is -2.53. The average Bonchev–Trinajstić information content (AvgIpc) is 2.56. The number of piperazine rings is 1. The Kier molecular flexibility index (Phi) is 10.4. The minimum atomic E-state index is 0.153. The number of nitrogens with one attached hydrogen (secondary N) is 1. The van der Waals surface area contributed by atoms with Crippen LogP contribution in [-0.2, 0) is 14.3 Å². The number of hydrogen-bond acceptors (Lipinski definition) is 4. The Labute approximate surface area is 140 Å². The molecule has 1 aliphatic heterocycles. The highest BCUT2D eigenvalue weighted by atomic mass is 16.5. The van der Waals surface area contributed by atoms with Gasteiger partial charge in [-0.1, -0.05) is 0 Å². The zero-order valence-electron chi connectivity index (χ0n) is 14.8. The average molecular weight is 328 g/mol. The van der Waals surface area contributed by atoms with Crippen molar-refractivity contribution in [3.63, 3.8) is 0 Å². The Morgan fingerprint density at radius 3 is 2.39 bits per heavy atom. The first-order valence-electron chi connectivity index (χ1n) is 8.54. The molecule has 0 unspecified atom stereocenters. The van der Waals surface area contributed by atoms with Crippen LogP contribution >= 0.6 is 0 Å². The summed E-state index contributed by atoms with van der Waals surface area (Å²) < 4.78 is 10.4. The quantitative estimate of drug-likeness (QED) is 0.381. The van der Waals surface area contributed by atoms with Crippen LogP contribution in [0.2, 0.25) is 0 Å². The van der Waals surface area contributed by atoms with Crippen LogP contribution in [0.3, 0.4) is 0 Å². The predicted molar refractivity (Wildman–Crippen MR) is 91.7 cm³/mol. The number of carbonyl (C=O) groups is 1. The second-order valence-electron chi connectivity index (χ2n) is 5.54. The standard InChI is InChI=1S/C16H32N4O3/c1-4-17-16(18-7-5-6-12-23-14-13-22-3)20-10-8-19(9-11-20)15(2)21/h4-14H2,1-3H3,(H,17,18). The SMILES string of the molecule is CCNC(=NCCCCOCCOC)N1CCN(C(C)=O)CC1. The molecule has 0 bridgehead atoms. The van der Waals surface area contributed by atoms with Crippen molar-refractivity contribution in [2.24, 2.45) is 4.99 Å². The van der Waals surface area contributed by atoms with E-state index < -0.39 is 0 Å². The third-order valence-electron chi connectivity index (χ3n) is 3.75. The van der Waals surface area contributed by atoms with Gasteiger partial charge in [-0.25, -0.2) is 0 Å². The molecule has 1 aliphatic rings. The van der Waals surface area contributed by atoms with Gasteiger partial charge in [-0.3, -0.25) is 9.79 Å². The predicted octanol–water partition coefficient (Wildman–Crippen LogP) is 0.559. The number of nitrogens with zero attached hydrogens (tertiary/aromatic N) is 3. The number of ether oxygens (including phenoxy) is 2. The van der Waals surface area contributed by atoms with Gasteiger partial charge in [0, 0.05) is 59.9 Å². The van der Waals surface area contributed by atoms with E-state index in [0.717, 1.165) is 64.7 Å². The van der Waals surface area contributed by atoms with Gasteiger partial charge in [-0.2, -0.15) is 0 Å². The lowest BCUT2D eigenvalue weighted by Gasteiger charge is -2.36. The second kappa shape index (κ2) is 12.1. The number of rotatable bonds is 9. The van der Waals surface area contributed by atoms with Crippen molar-refractivity contribution in [1.82, 2.24) is 15.1 Å². The Morgan fingerprint density at radius 1 is 1.09 bits per heavy atom. The minimum absolute atomic E-state index is 0.153. The van der Waals surface area contributed by atoms with Crippen molar-refractivity contribution in [3.05, 3.63) is 0 Å². The number of unbranched alkanes of at least 4 members (excludes halogenated alkanes) is 1. The molecule has 0 radical (unpaired) electrons. The maximum absolute atomic E-state index is 11.4. The molecule has 134 valence electrons. The highest BCUT2D eigenvalue weighted by molar-refractivity contribution is 5.80. The molecule has 23 heavy (non-hydrogen) atoms. The Balaban J connectivity index is 2.27. The lowest BCUT2D eigenvalue weighted by molar-refractivity contribution is -0.130. The van der Waals surface area contributed by atoms with Crippen LogP contribution in [0.15, 0.2) is 4.99 Å². The summed E-state index contributed by atoms with van der Waals surface area (Å²) in [6.07, 6.45) is 2.01. The topological polar surface area (TPSA) is 66.4 Å². The molecule has 1 fully saturated rings. The third kappa shape index (κ3) is 8.18. The molecule has 7 heteroatoms. The van der Waals surface area contributed by atoms with E-state index in [1.165, 1.54) is 0 Å². The second-order valence-corrected chi connectivity index (χ2v) is 5.54. The van der Waals surface area contributed by atoms with E-state index in [4.69, 9.17) is 9.47 Å². The smallest absolute Gasteiger partial charge is 0.219 e. The summed E-state index contributed by atoms with van der Waals surface area (Å²) in [5.74, 6) is 1.11. The first kappa shape index (κ1) is 19.7. The molecule has 0 aromatic carbocycles. The Morgan fingerprint density at radius 2 is 1.78 bits per heavy atom. The van der Waals surface area contributed by atoms with Crippen molar-refractivity contribution in [3.8, 4) is 0 Å². The molecule has 1 heterocycles. The largest absolute Gasteiger partial charge is 0.382 e. The molecule has 1 rings (SSSR count). The van der Waals surface area contributed by atoms with Crippen LogP contribution in [-0.4, -0.2) is 87.9 Å². The van der Waals surface area contributed by atoms with Gasteiger partial charge in [0.2, 0.25) is 5.91 Å². The number of hydrogen-bond donors (Lipinski definition) is 1. The maximum Gasteiger partial charge on any atom is 0.219 e. The molecule has 0 atom stereocenters. The van der Waals surface area contributed by atoms with Crippen LogP contribution < -0.4 is 5.32 Å². The van der Waals surface area contributed by atoms with Gasteiger partial charge in [0.25, 0.3) is 0 Å². The van der Waals surface area contributed by atoms with Crippen molar-refractivity contribution in [2.45, 2.75) is 26.7 Å². The van der Waals surface area contributed by atoms with E-state index in [-0.39, 0.29) is 5.91 Å². The van der Waals surface area contributed by atoms with Gasteiger partial charge in [0.15, 0.2) is 5.96 Å². The van der Waals surface area contributed by atoms with Gasteiger partial charge in [-0.15, -0.1) is 0 Å². The van der Waals surface area contributed by atoms with E-state index in [2.05, 4.69) is 22.1 Å². The molecule has 0 saturated carbocycles. The van der Waals surface area contributed by atoms with Crippen molar-refractivity contribution >= 4 is 11.9 Å². The molecule has 7 nitrogen and oxygen atoms in total. The fourth-order valence-corrected chi connectivity index (χ4v) is 2.40. The summed E-state index contributed by atoms with van der Waals surface area (Å²) in [7, 11) is 1.68. The van der Waals surface area contributed by atoms with Crippen LogP contribution in [0.25, 0.3) is 0 Å². The lowest BCUT2D eigenvalue weighted by atomic mass is 10.3. The van der Waals surface area contributed by atoms with Crippen LogP contribution in [0.1, 0.15) is 26.7 Å². The van der Waals surface area contributed by atoms with Gasteiger partial charge >= 0.3 is 0 Å². The molecule has 0 aromatic heterocycles. The summed E-state index contributed by atoms with van der Waals surface area (Å²) in [6.45, 7) is 10.6. The number of carbonyl (C=O) groups excluding carboxylic acids is 1. The first-order chi connectivity index (χ1) is 11.2. The summed E-state index contributed by atoms with van der Waals surface area (Å²) in [5.41, 5.74) is 0. The minimum Gasteiger partial charge on any atom is -0.382 e. The molecule has 1 N–H and O–H groups in total. The molecule has 1 saturated heterocycles. The zero-order valence-corrected chi connectivity index (χ0v) is 14.8. The van der Waals surface area contributed by atoms with Crippen LogP contribution in [0.4, 0.5) is 0 Å². The molecule has 0 spiro atoms.